The lowest BCUT2D eigenvalue weighted by Crippen LogP contribution is -2.27. The first-order chi connectivity index (χ1) is 18.3. The van der Waals surface area contributed by atoms with Crippen molar-refractivity contribution in [3.8, 4) is 11.5 Å². The summed E-state index contributed by atoms with van der Waals surface area (Å²) in [6.07, 6.45) is 3.79. The Hall–Kier alpha value is -4.08. The van der Waals surface area contributed by atoms with E-state index in [4.69, 9.17) is 21.1 Å². The molecule has 4 rings (SSSR count). The Bertz CT molecular complexity index is 1440. The summed E-state index contributed by atoms with van der Waals surface area (Å²) in [7, 11) is 0. The lowest BCUT2D eigenvalue weighted by Gasteiger charge is -2.17. The number of halogens is 1. The highest BCUT2D eigenvalue weighted by Crippen LogP contribution is 2.39. The van der Waals surface area contributed by atoms with Crippen molar-refractivity contribution in [1.29, 1.82) is 0 Å². The third kappa shape index (κ3) is 6.07. The van der Waals surface area contributed by atoms with Gasteiger partial charge >= 0.3 is 0 Å². The van der Waals surface area contributed by atoms with Crippen LogP contribution in [0.15, 0.2) is 78.2 Å². The molecule has 0 aromatic heterocycles. The van der Waals surface area contributed by atoms with E-state index in [1.807, 2.05) is 13.0 Å². The molecule has 0 spiro atoms. The Labute approximate surface area is 228 Å². The third-order valence-corrected chi connectivity index (χ3v) is 6.62. The quantitative estimate of drug-likeness (QED) is 0.114. The molecule has 10 heteroatoms. The number of nitro groups is 1. The molecule has 2 amide bonds. The number of nitrogens with zero attached hydrogens (tertiary/aromatic N) is 2. The summed E-state index contributed by atoms with van der Waals surface area (Å²) in [6.45, 7) is 6.10. The molecular weight excluding hydrogens is 528 g/mol. The van der Waals surface area contributed by atoms with Gasteiger partial charge in [-0.15, -0.1) is 6.58 Å². The van der Waals surface area contributed by atoms with Gasteiger partial charge in [0.2, 0.25) is 0 Å². The molecule has 0 unspecified atom stereocenters. The molecule has 8 nitrogen and oxygen atoms in total. The molecule has 1 saturated heterocycles. The zero-order valence-electron chi connectivity index (χ0n) is 20.4. The molecule has 194 valence electrons. The maximum absolute atomic E-state index is 13.1. The van der Waals surface area contributed by atoms with Gasteiger partial charge in [-0.2, -0.15) is 0 Å². The minimum absolute atomic E-state index is 0.0228. The SMILES string of the molecule is C=CCc1cc(/C=C2/SC(=O)N(c3ccc(Cl)cc3)C2=O)cc(OCC)c1OCc1cccc([N+](=O)[O-])c1. The second-order valence-electron chi connectivity index (χ2n) is 8.14. The average molecular weight is 551 g/mol. The fraction of sp³-hybridized carbons (Fsp3) is 0.143. The van der Waals surface area contributed by atoms with Crippen LogP contribution in [0.1, 0.15) is 23.6 Å². The number of hydrogen-bond acceptors (Lipinski definition) is 7. The van der Waals surface area contributed by atoms with Gasteiger partial charge in [-0.05, 0) is 78.7 Å². The number of carbonyl (C=O) groups is 2. The van der Waals surface area contributed by atoms with Crippen LogP contribution in [0.5, 0.6) is 11.5 Å². The zero-order valence-corrected chi connectivity index (χ0v) is 22.0. The average Bonchev–Trinajstić information content (AvgIpc) is 3.17. The highest BCUT2D eigenvalue weighted by molar-refractivity contribution is 8.19. The number of benzene rings is 3. The van der Waals surface area contributed by atoms with Crippen LogP contribution in [0.3, 0.4) is 0 Å². The van der Waals surface area contributed by atoms with Crippen molar-refractivity contribution in [2.45, 2.75) is 20.0 Å². The molecule has 0 N–H and O–H groups in total. The summed E-state index contributed by atoms with van der Waals surface area (Å²) in [5, 5.41) is 11.2. The number of carbonyl (C=O) groups excluding carboxylic acids is 2. The first-order valence-corrected chi connectivity index (χ1v) is 12.8. The lowest BCUT2D eigenvalue weighted by molar-refractivity contribution is -0.384. The van der Waals surface area contributed by atoms with Gasteiger partial charge in [0.25, 0.3) is 16.8 Å². The summed E-state index contributed by atoms with van der Waals surface area (Å²) in [6, 6.07) is 16.3. The summed E-state index contributed by atoms with van der Waals surface area (Å²) < 4.78 is 11.9. The molecular formula is C28H23ClN2O6S. The van der Waals surface area contributed by atoms with Crippen LogP contribution in [-0.4, -0.2) is 22.7 Å². The van der Waals surface area contributed by atoms with E-state index in [1.165, 1.54) is 12.1 Å². The van der Waals surface area contributed by atoms with E-state index in [0.717, 1.165) is 22.2 Å². The number of allylic oxidation sites excluding steroid dienone is 1. The van der Waals surface area contributed by atoms with Gasteiger partial charge in [-0.1, -0.05) is 29.8 Å². The van der Waals surface area contributed by atoms with Crippen LogP contribution in [0.25, 0.3) is 6.08 Å². The Kier molecular flexibility index (Phi) is 8.50. The predicted octanol–water partition coefficient (Wildman–Crippen LogP) is 7.20. The topological polar surface area (TPSA) is 99.0 Å². The van der Waals surface area contributed by atoms with Crippen LogP contribution in [0, 0.1) is 10.1 Å². The molecule has 1 heterocycles. The van der Waals surface area contributed by atoms with Crippen LogP contribution < -0.4 is 14.4 Å². The largest absolute Gasteiger partial charge is 0.490 e. The Morgan fingerprint density at radius 3 is 2.55 bits per heavy atom. The maximum atomic E-state index is 13.1. The predicted molar refractivity (Wildman–Crippen MR) is 149 cm³/mol. The maximum Gasteiger partial charge on any atom is 0.298 e. The van der Waals surface area contributed by atoms with Crippen molar-refractivity contribution in [2.75, 3.05) is 11.5 Å². The van der Waals surface area contributed by atoms with E-state index >= 15 is 0 Å². The number of ether oxygens (including phenoxy) is 2. The number of amides is 2. The first kappa shape index (κ1) is 27.0. The van der Waals surface area contributed by atoms with Gasteiger partial charge in [-0.25, -0.2) is 4.90 Å². The smallest absolute Gasteiger partial charge is 0.298 e. The number of rotatable bonds is 10. The fourth-order valence-electron chi connectivity index (χ4n) is 3.85. The molecule has 1 fully saturated rings. The standard InChI is InChI=1S/C28H23ClN2O6S/c1-3-6-20-13-19(16-25-27(32)30(28(33)38-25)22-11-9-21(29)10-12-22)15-24(36-4-2)26(20)37-17-18-7-5-8-23(14-18)31(34)35/h3,5,7-16H,1,4,6,17H2,2H3/b25-16+. The molecule has 0 saturated carbocycles. The highest BCUT2D eigenvalue weighted by atomic mass is 35.5. The molecule has 0 radical (unpaired) electrons. The third-order valence-electron chi connectivity index (χ3n) is 5.50. The van der Waals surface area contributed by atoms with E-state index in [2.05, 4.69) is 6.58 Å². The number of anilines is 1. The summed E-state index contributed by atoms with van der Waals surface area (Å²) in [5.41, 5.74) is 2.44. The summed E-state index contributed by atoms with van der Waals surface area (Å²) in [4.78, 5) is 37.8. The van der Waals surface area contributed by atoms with E-state index in [9.17, 15) is 19.7 Å². The van der Waals surface area contributed by atoms with Crippen LogP contribution >= 0.6 is 23.4 Å². The lowest BCUT2D eigenvalue weighted by atomic mass is 10.0. The number of nitro benzene ring substituents is 1. The van der Waals surface area contributed by atoms with Gasteiger partial charge in [0.1, 0.15) is 6.61 Å². The zero-order chi connectivity index (χ0) is 27.2. The van der Waals surface area contributed by atoms with Crippen molar-refractivity contribution in [3.05, 3.63) is 110 Å². The van der Waals surface area contributed by atoms with Crippen LogP contribution in [0.2, 0.25) is 5.02 Å². The summed E-state index contributed by atoms with van der Waals surface area (Å²) >= 11 is 6.78. The Morgan fingerprint density at radius 2 is 1.87 bits per heavy atom. The van der Waals surface area contributed by atoms with Gasteiger partial charge in [0.05, 0.1) is 22.1 Å². The number of imide groups is 1. The van der Waals surface area contributed by atoms with E-state index in [0.29, 0.717) is 46.4 Å². The Balaban J connectivity index is 1.65. The van der Waals surface area contributed by atoms with E-state index < -0.39 is 16.1 Å². The van der Waals surface area contributed by atoms with Gasteiger partial charge in [-0.3, -0.25) is 19.7 Å². The molecule has 3 aromatic carbocycles. The van der Waals surface area contributed by atoms with Crippen molar-refractivity contribution >= 4 is 52.0 Å². The second-order valence-corrected chi connectivity index (χ2v) is 9.57. The normalized spacial score (nSPS) is 14.2. The first-order valence-electron chi connectivity index (χ1n) is 11.6. The highest BCUT2D eigenvalue weighted by Gasteiger charge is 2.36. The minimum atomic E-state index is -0.457. The van der Waals surface area contributed by atoms with Crippen LogP contribution in [-0.2, 0) is 17.8 Å². The fourth-order valence-corrected chi connectivity index (χ4v) is 4.82. The van der Waals surface area contributed by atoms with Gasteiger partial charge < -0.3 is 9.47 Å². The van der Waals surface area contributed by atoms with Crippen LogP contribution in [0.4, 0.5) is 16.2 Å². The van der Waals surface area contributed by atoms with Crippen molar-refractivity contribution in [3.63, 3.8) is 0 Å². The number of thioether (sulfide) groups is 1. The number of hydrogen-bond donors (Lipinski definition) is 0. The molecule has 1 aliphatic heterocycles. The van der Waals surface area contributed by atoms with Crippen molar-refractivity contribution in [1.82, 2.24) is 0 Å². The molecule has 0 aliphatic carbocycles. The molecule has 38 heavy (non-hydrogen) atoms. The second kappa shape index (κ2) is 12.0. The molecule has 1 aliphatic rings. The van der Waals surface area contributed by atoms with Gasteiger partial charge in [0.15, 0.2) is 11.5 Å². The Morgan fingerprint density at radius 1 is 1.11 bits per heavy atom. The minimum Gasteiger partial charge on any atom is -0.490 e. The van der Waals surface area contributed by atoms with E-state index in [-0.39, 0.29) is 17.2 Å². The molecule has 3 aromatic rings. The molecule has 0 atom stereocenters. The monoisotopic (exact) mass is 550 g/mol. The summed E-state index contributed by atoms with van der Waals surface area (Å²) in [5.74, 6) is 0.488. The van der Waals surface area contributed by atoms with Gasteiger partial charge in [0, 0.05) is 22.7 Å². The van der Waals surface area contributed by atoms with Crippen molar-refractivity contribution in [2.24, 2.45) is 0 Å². The molecule has 0 bridgehead atoms. The van der Waals surface area contributed by atoms with Crippen molar-refractivity contribution < 1.29 is 24.0 Å². The van der Waals surface area contributed by atoms with E-state index in [1.54, 1.807) is 54.6 Å². The number of non-ortho nitro benzene ring substituents is 1.